The van der Waals surface area contributed by atoms with Crippen LogP contribution in [0.25, 0.3) is 6.08 Å². The molecule has 0 bridgehead atoms. The molecule has 188 valence electrons. The number of pyridine rings is 1. The van der Waals surface area contributed by atoms with Gasteiger partial charge in [0.15, 0.2) is 6.10 Å². The molecule has 1 aromatic rings. The van der Waals surface area contributed by atoms with Crippen LogP contribution in [-0.2, 0) is 14.4 Å². The van der Waals surface area contributed by atoms with Gasteiger partial charge in [-0.3, -0.25) is 24.3 Å². The number of piperazine rings is 1. The third-order valence-electron chi connectivity index (χ3n) is 6.28. The predicted molar refractivity (Wildman–Crippen MR) is 133 cm³/mol. The molecule has 0 aliphatic carbocycles. The highest BCUT2D eigenvalue weighted by Gasteiger charge is 2.49. The summed E-state index contributed by atoms with van der Waals surface area (Å²) in [5.41, 5.74) is 0.703. The third kappa shape index (κ3) is 6.87. The number of aromatic nitrogens is 1. The van der Waals surface area contributed by atoms with E-state index >= 15 is 0 Å². The largest absolute Gasteiger partial charge is 0.320 e. The summed E-state index contributed by atoms with van der Waals surface area (Å²) < 4.78 is 0. The minimum absolute atomic E-state index is 0.0111. The zero-order chi connectivity index (χ0) is 24.7. The van der Waals surface area contributed by atoms with Crippen molar-refractivity contribution in [2.75, 3.05) is 33.2 Å². The zero-order valence-electron chi connectivity index (χ0n) is 21.3. The van der Waals surface area contributed by atoms with Crippen LogP contribution in [0.1, 0.15) is 52.7 Å². The minimum Gasteiger partial charge on any atom is -0.320 e. The molecule has 8 nitrogen and oxygen atoms in total. The van der Waals surface area contributed by atoms with Gasteiger partial charge < -0.3 is 10.2 Å². The van der Waals surface area contributed by atoms with Crippen LogP contribution in [0.4, 0.5) is 0 Å². The Hall–Kier alpha value is -2.29. The quantitative estimate of drug-likeness (QED) is 0.418. The number of fused-ring (bicyclic) bond motifs is 1. The van der Waals surface area contributed by atoms with E-state index in [1.807, 2.05) is 30.1 Å². The Balaban J connectivity index is 1.89. The monoisotopic (exact) mass is 471 g/mol. The fourth-order valence-electron chi connectivity index (χ4n) is 4.83. The molecule has 2 aliphatic rings. The number of carbonyl (C=O) groups excluding carboxylic acids is 2. The summed E-state index contributed by atoms with van der Waals surface area (Å²) in [7, 11) is 1.95. The second kappa shape index (κ2) is 12.4. The lowest BCUT2D eigenvalue weighted by Gasteiger charge is -2.54. The summed E-state index contributed by atoms with van der Waals surface area (Å²) in [6.07, 6.45) is 6.29. The molecule has 8 heteroatoms. The fraction of sp³-hybridized carbons (Fsp3) is 0.654. The average molecular weight is 472 g/mol. The van der Waals surface area contributed by atoms with Gasteiger partial charge in [0, 0.05) is 31.4 Å². The predicted octanol–water partition coefficient (Wildman–Crippen LogP) is 2.78. The van der Waals surface area contributed by atoms with E-state index in [4.69, 9.17) is 4.84 Å². The molecule has 2 saturated heterocycles. The molecule has 2 aliphatic heterocycles. The second-order valence-corrected chi connectivity index (χ2v) is 10.2. The van der Waals surface area contributed by atoms with Crippen LogP contribution in [0, 0.1) is 11.8 Å². The van der Waals surface area contributed by atoms with Gasteiger partial charge >= 0.3 is 0 Å². The number of rotatable bonds is 10. The molecule has 3 heterocycles. The van der Waals surface area contributed by atoms with Crippen molar-refractivity contribution >= 4 is 17.9 Å². The first-order valence-corrected chi connectivity index (χ1v) is 12.6. The Morgan fingerprint density at radius 1 is 1.21 bits per heavy atom. The third-order valence-corrected chi connectivity index (χ3v) is 6.28. The second-order valence-electron chi connectivity index (χ2n) is 10.2. The van der Waals surface area contributed by atoms with Crippen molar-refractivity contribution in [1.29, 1.82) is 0 Å². The van der Waals surface area contributed by atoms with Crippen LogP contribution in [0.15, 0.2) is 30.5 Å². The number of hydrogen-bond donors (Lipinski definition) is 1. The van der Waals surface area contributed by atoms with Crippen molar-refractivity contribution in [1.82, 2.24) is 25.2 Å². The van der Waals surface area contributed by atoms with Gasteiger partial charge in [-0.2, -0.15) is 5.06 Å². The number of hydrogen-bond acceptors (Lipinski definition) is 6. The van der Waals surface area contributed by atoms with Crippen molar-refractivity contribution in [3.8, 4) is 0 Å². The fourth-order valence-corrected chi connectivity index (χ4v) is 4.83. The van der Waals surface area contributed by atoms with Gasteiger partial charge in [-0.1, -0.05) is 33.8 Å². The molecule has 34 heavy (non-hydrogen) atoms. The molecule has 1 aromatic heterocycles. The summed E-state index contributed by atoms with van der Waals surface area (Å²) in [6.45, 7) is 11.8. The number of carbonyl (C=O) groups is 2. The maximum atomic E-state index is 13.6. The van der Waals surface area contributed by atoms with Crippen molar-refractivity contribution in [2.45, 2.75) is 65.3 Å². The maximum Gasteiger partial charge on any atom is 0.272 e. The maximum absolute atomic E-state index is 13.6. The van der Waals surface area contributed by atoms with Crippen LogP contribution in [0.5, 0.6) is 0 Å². The Labute approximate surface area is 204 Å². The molecule has 0 radical (unpaired) electrons. The van der Waals surface area contributed by atoms with Gasteiger partial charge in [-0.05, 0) is 69.4 Å². The standard InChI is InChI=1S/C26H41N5O3/c1-19(2)15-22-17-29(14-8-12-27-5)18-24-30(22)26(33)23(16-20(3)4)34-31(24)25(32)11-10-21-9-6-7-13-28-21/h6-7,9-11,13,19-20,22-24,27H,8,12,14-18H2,1-5H3/b11-10+/t22-,23+,24-/m0/s1. The Morgan fingerprint density at radius 2 is 1.97 bits per heavy atom. The lowest BCUT2D eigenvalue weighted by atomic mass is 9.96. The molecule has 0 unspecified atom stereocenters. The van der Waals surface area contributed by atoms with E-state index in [1.54, 1.807) is 12.3 Å². The Bertz CT molecular complexity index is 829. The van der Waals surface area contributed by atoms with Crippen LogP contribution >= 0.6 is 0 Å². The first kappa shape index (κ1) is 26.3. The van der Waals surface area contributed by atoms with Gasteiger partial charge in [0.05, 0.1) is 5.69 Å². The SMILES string of the molecule is CNCCCN1C[C@H](CC(C)C)N2C(=O)[C@@H](CC(C)C)ON(C(=O)/C=C/c3ccccn3)[C@H]2C1. The summed E-state index contributed by atoms with van der Waals surface area (Å²) >= 11 is 0. The molecule has 0 saturated carbocycles. The van der Waals surface area contributed by atoms with Gasteiger partial charge in [0.1, 0.15) is 6.17 Å². The average Bonchev–Trinajstić information content (AvgIpc) is 2.79. The summed E-state index contributed by atoms with van der Waals surface area (Å²) in [6, 6.07) is 5.62. The van der Waals surface area contributed by atoms with Crippen LogP contribution in [0.3, 0.4) is 0 Å². The summed E-state index contributed by atoms with van der Waals surface area (Å²) in [5.74, 6) is 0.465. The first-order valence-electron chi connectivity index (χ1n) is 12.6. The van der Waals surface area contributed by atoms with E-state index in [2.05, 4.69) is 42.9 Å². The number of nitrogens with one attached hydrogen (secondary N) is 1. The smallest absolute Gasteiger partial charge is 0.272 e. The van der Waals surface area contributed by atoms with Gasteiger partial charge in [0.25, 0.3) is 11.8 Å². The molecule has 3 rings (SSSR count). The van der Waals surface area contributed by atoms with E-state index in [0.29, 0.717) is 24.6 Å². The zero-order valence-corrected chi connectivity index (χ0v) is 21.3. The number of nitrogens with zero attached hydrogens (tertiary/aromatic N) is 4. The highest BCUT2D eigenvalue weighted by atomic mass is 16.7. The van der Waals surface area contributed by atoms with Crippen molar-refractivity contribution < 1.29 is 14.4 Å². The van der Waals surface area contributed by atoms with Crippen molar-refractivity contribution in [3.05, 3.63) is 36.2 Å². The first-order chi connectivity index (χ1) is 16.3. The van der Waals surface area contributed by atoms with E-state index < -0.39 is 12.3 Å². The Kier molecular flexibility index (Phi) is 9.62. The van der Waals surface area contributed by atoms with Crippen molar-refractivity contribution in [3.63, 3.8) is 0 Å². The lowest BCUT2D eigenvalue weighted by Crippen LogP contribution is -2.72. The van der Waals surface area contributed by atoms with Crippen LogP contribution in [0.2, 0.25) is 0 Å². The lowest BCUT2D eigenvalue weighted by molar-refractivity contribution is -0.276. The van der Waals surface area contributed by atoms with Gasteiger partial charge in [-0.25, -0.2) is 0 Å². The van der Waals surface area contributed by atoms with E-state index in [0.717, 1.165) is 32.5 Å². The summed E-state index contributed by atoms with van der Waals surface area (Å²) in [4.78, 5) is 41.7. The van der Waals surface area contributed by atoms with E-state index in [9.17, 15) is 9.59 Å². The number of hydroxylamine groups is 2. The van der Waals surface area contributed by atoms with E-state index in [-0.39, 0.29) is 23.8 Å². The number of amides is 2. The van der Waals surface area contributed by atoms with Crippen LogP contribution < -0.4 is 5.32 Å². The van der Waals surface area contributed by atoms with Gasteiger partial charge in [0.2, 0.25) is 0 Å². The summed E-state index contributed by atoms with van der Waals surface area (Å²) in [5, 5.41) is 4.65. The molecule has 2 fully saturated rings. The Morgan fingerprint density at radius 3 is 2.62 bits per heavy atom. The highest BCUT2D eigenvalue weighted by molar-refractivity contribution is 5.92. The normalized spacial score (nSPS) is 23.9. The van der Waals surface area contributed by atoms with Gasteiger partial charge in [-0.15, -0.1) is 0 Å². The van der Waals surface area contributed by atoms with Crippen LogP contribution in [-0.4, -0.2) is 83.2 Å². The molecule has 2 amide bonds. The molecule has 1 N–H and O–H groups in total. The molecule has 0 spiro atoms. The molecule has 3 atom stereocenters. The molecular weight excluding hydrogens is 430 g/mol. The highest BCUT2D eigenvalue weighted by Crippen LogP contribution is 2.31. The topological polar surface area (TPSA) is 78.0 Å². The van der Waals surface area contributed by atoms with Crippen molar-refractivity contribution in [2.24, 2.45) is 11.8 Å². The minimum atomic E-state index is -0.644. The molecular formula is C26H41N5O3. The molecule has 0 aromatic carbocycles. The van der Waals surface area contributed by atoms with E-state index in [1.165, 1.54) is 11.1 Å².